The summed E-state index contributed by atoms with van der Waals surface area (Å²) < 4.78 is 6.99. The van der Waals surface area contributed by atoms with E-state index in [4.69, 9.17) is 4.74 Å². The van der Waals surface area contributed by atoms with Gasteiger partial charge in [0.2, 0.25) is 5.91 Å². The summed E-state index contributed by atoms with van der Waals surface area (Å²) >= 11 is 1.52. The molecule has 0 radical (unpaired) electrons. The number of rotatable bonds is 3. The van der Waals surface area contributed by atoms with Gasteiger partial charge in [-0.3, -0.25) is 4.79 Å². The number of carbonyl (C=O) groups excluding carboxylic acids is 1. The smallest absolute Gasteiger partial charge is 0.220 e. The van der Waals surface area contributed by atoms with Crippen molar-refractivity contribution in [2.24, 2.45) is 5.92 Å². The van der Waals surface area contributed by atoms with Gasteiger partial charge in [0, 0.05) is 25.3 Å². The van der Waals surface area contributed by atoms with Crippen molar-refractivity contribution in [3.05, 3.63) is 15.4 Å². The van der Waals surface area contributed by atoms with Crippen LogP contribution in [0.15, 0.2) is 5.51 Å². The number of amides is 1. The van der Waals surface area contributed by atoms with Crippen molar-refractivity contribution in [3.63, 3.8) is 0 Å². The Balaban J connectivity index is 1.82. The predicted molar refractivity (Wildman–Crippen MR) is 71.5 cm³/mol. The third kappa shape index (κ3) is 2.50. The van der Waals surface area contributed by atoms with Gasteiger partial charge in [0.1, 0.15) is 11.9 Å². The van der Waals surface area contributed by atoms with E-state index in [1.807, 2.05) is 6.92 Å². The quantitative estimate of drug-likeness (QED) is 0.771. The number of aromatic nitrogens is 1. The van der Waals surface area contributed by atoms with Crippen LogP contribution in [-0.2, 0) is 9.53 Å². The van der Waals surface area contributed by atoms with E-state index in [1.165, 1.54) is 11.3 Å². The molecule has 1 aliphatic heterocycles. The number of nitrogens with zero attached hydrogens (tertiary/aromatic N) is 1. The molecule has 0 spiro atoms. The highest BCUT2D eigenvalue weighted by molar-refractivity contribution is 7.07. The molecule has 0 aromatic carbocycles. The second kappa shape index (κ2) is 4.94. The molecular formula is C13H16N2O3S. The molecule has 102 valence electrons. The highest BCUT2D eigenvalue weighted by Crippen LogP contribution is 2.21. The van der Waals surface area contributed by atoms with Crippen LogP contribution in [0.25, 0.3) is 11.8 Å². The molecule has 0 saturated carbocycles. The summed E-state index contributed by atoms with van der Waals surface area (Å²) in [4.78, 5) is 15.4. The number of ether oxygens (including phenoxy) is 1. The lowest BCUT2D eigenvalue weighted by atomic mass is 10.0. The Morgan fingerprint density at radius 2 is 2.42 bits per heavy atom. The van der Waals surface area contributed by atoms with Gasteiger partial charge in [-0.25, -0.2) is 4.98 Å². The van der Waals surface area contributed by atoms with Crippen molar-refractivity contribution in [1.29, 1.82) is 0 Å². The maximum Gasteiger partial charge on any atom is 0.220 e. The van der Waals surface area contributed by atoms with Crippen molar-refractivity contribution in [2.45, 2.75) is 32.0 Å². The number of fused-ring (bicyclic) bond motifs is 1. The summed E-state index contributed by atoms with van der Waals surface area (Å²) in [5.74, 6) is 1.07. The molecule has 1 amide bonds. The third-order valence-electron chi connectivity index (χ3n) is 3.59. The van der Waals surface area contributed by atoms with Crippen LogP contribution in [0.2, 0.25) is 0 Å². The molecule has 5 nitrogen and oxygen atoms in total. The molecule has 1 fully saturated rings. The first kappa shape index (κ1) is 12.6. The number of hydrogen-bond acceptors (Lipinski definition) is 5. The van der Waals surface area contributed by atoms with Crippen LogP contribution < -0.4 is 15.2 Å². The molecule has 2 aliphatic rings. The number of aliphatic hydroxyl groups is 1. The lowest BCUT2D eigenvalue weighted by molar-refractivity contribution is -0.119. The van der Waals surface area contributed by atoms with Crippen LogP contribution in [0.3, 0.4) is 0 Å². The maximum atomic E-state index is 11.2. The van der Waals surface area contributed by atoms with Gasteiger partial charge < -0.3 is 15.2 Å². The van der Waals surface area contributed by atoms with E-state index >= 15 is 0 Å². The minimum Gasteiger partial charge on any atom is -0.493 e. The number of nitrogens with one attached hydrogen (secondary N) is 1. The number of hydrogen-bond donors (Lipinski definition) is 2. The Bertz CT molecular complexity index is 610. The lowest BCUT2D eigenvalue weighted by Gasteiger charge is -2.23. The molecule has 6 heteroatoms. The first-order chi connectivity index (χ1) is 9.13. The van der Waals surface area contributed by atoms with E-state index in [9.17, 15) is 9.90 Å². The zero-order valence-corrected chi connectivity index (χ0v) is 11.4. The van der Waals surface area contributed by atoms with Gasteiger partial charge in [-0.1, -0.05) is 0 Å². The molecule has 1 aromatic heterocycles. The summed E-state index contributed by atoms with van der Waals surface area (Å²) in [6, 6.07) is 0. The van der Waals surface area contributed by atoms with Crippen molar-refractivity contribution < 1.29 is 14.6 Å². The summed E-state index contributed by atoms with van der Waals surface area (Å²) in [6.45, 7) is 2.64. The minimum absolute atomic E-state index is 0.0470. The first-order valence-corrected chi connectivity index (χ1v) is 7.27. The molecule has 0 bridgehead atoms. The van der Waals surface area contributed by atoms with Crippen molar-refractivity contribution in [2.75, 3.05) is 6.54 Å². The van der Waals surface area contributed by atoms with Crippen molar-refractivity contribution in [1.82, 2.24) is 10.3 Å². The zero-order valence-electron chi connectivity index (χ0n) is 10.6. The van der Waals surface area contributed by atoms with Crippen molar-refractivity contribution >= 4 is 29.1 Å². The summed E-state index contributed by atoms with van der Waals surface area (Å²) in [7, 11) is 0. The Labute approximate surface area is 114 Å². The van der Waals surface area contributed by atoms with E-state index in [0.29, 0.717) is 19.4 Å². The normalized spacial score (nSPS) is 27.5. The Morgan fingerprint density at radius 3 is 3.16 bits per heavy atom. The zero-order chi connectivity index (χ0) is 13.4. The highest BCUT2D eigenvalue weighted by Gasteiger charge is 2.29. The van der Waals surface area contributed by atoms with Gasteiger partial charge in [0.25, 0.3) is 0 Å². The molecule has 2 N–H and O–H groups in total. The average Bonchev–Trinajstić information content (AvgIpc) is 2.97. The van der Waals surface area contributed by atoms with Crippen LogP contribution >= 0.6 is 11.3 Å². The topological polar surface area (TPSA) is 71.5 Å². The van der Waals surface area contributed by atoms with Crippen LogP contribution in [0.4, 0.5) is 0 Å². The van der Waals surface area contributed by atoms with Crippen molar-refractivity contribution in [3.8, 4) is 0 Å². The monoisotopic (exact) mass is 280 g/mol. The van der Waals surface area contributed by atoms with Crippen LogP contribution in [-0.4, -0.2) is 34.8 Å². The van der Waals surface area contributed by atoms with E-state index in [1.54, 1.807) is 11.6 Å². The van der Waals surface area contributed by atoms with Gasteiger partial charge >= 0.3 is 0 Å². The summed E-state index contributed by atoms with van der Waals surface area (Å²) in [5.41, 5.74) is 1.76. The molecule has 2 unspecified atom stereocenters. The fraction of sp³-hybridized carbons (Fsp3) is 0.538. The minimum atomic E-state index is -0.542. The van der Waals surface area contributed by atoms with Gasteiger partial charge in [-0.05, 0) is 13.0 Å². The van der Waals surface area contributed by atoms with Gasteiger partial charge in [0.15, 0.2) is 0 Å². The maximum absolute atomic E-state index is 11.2. The molecule has 1 aromatic rings. The second-order valence-electron chi connectivity index (χ2n) is 5.02. The first-order valence-electron chi connectivity index (χ1n) is 6.39. The SMILES string of the molecule is CC(OC1=c2scnc2=CC(O)C1)[C@H]1CNC(=O)C1. The van der Waals surface area contributed by atoms with Crippen LogP contribution in [0, 0.1) is 5.92 Å². The van der Waals surface area contributed by atoms with Gasteiger partial charge in [0.05, 0.1) is 21.5 Å². The lowest BCUT2D eigenvalue weighted by Crippen LogP contribution is -2.34. The predicted octanol–water partition coefficient (Wildman–Crippen LogP) is -0.662. The average molecular weight is 280 g/mol. The van der Waals surface area contributed by atoms with Crippen LogP contribution in [0.1, 0.15) is 19.8 Å². The molecule has 19 heavy (non-hydrogen) atoms. The van der Waals surface area contributed by atoms with E-state index in [2.05, 4.69) is 10.3 Å². The van der Waals surface area contributed by atoms with E-state index < -0.39 is 6.10 Å². The molecule has 3 atom stereocenters. The number of thiazole rings is 1. The largest absolute Gasteiger partial charge is 0.493 e. The van der Waals surface area contributed by atoms with Crippen LogP contribution in [0.5, 0.6) is 0 Å². The van der Waals surface area contributed by atoms with Gasteiger partial charge in [-0.2, -0.15) is 0 Å². The fourth-order valence-electron chi connectivity index (χ4n) is 2.49. The highest BCUT2D eigenvalue weighted by atomic mass is 32.1. The van der Waals surface area contributed by atoms with E-state index in [-0.39, 0.29) is 17.9 Å². The number of carbonyl (C=O) groups is 1. The molecule has 3 rings (SSSR count). The second-order valence-corrected chi connectivity index (χ2v) is 5.87. The third-order valence-corrected chi connectivity index (χ3v) is 4.48. The Morgan fingerprint density at radius 1 is 1.58 bits per heavy atom. The molecule has 2 heterocycles. The molecule has 1 aliphatic carbocycles. The summed E-state index contributed by atoms with van der Waals surface area (Å²) in [5, 5.41) is 13.4. The molecular weight excluding hydrogens is 264 g/mol. The van der Waals surface area contributed by atoms with E-state index in [0.717, 1.165) is 15.6 Å². The number of aliphatic hydroxyl groups excluding tert-OH is 1. The molecule has 1 saturated heterocycles. The Kier molecular flexibility index (Phi) is 3.28. The fourth-order valence-corrected chi connectivity index (χ4v) is 3.26. The van der Waals surface area contributed by atoms with Gasteiger partial charge in [-0.15, -0.1) is 11.3 Å². The summed E-state index contributed by atoms with van der Waals surface area (Å²) in [6.07, 6.45) is 2.16. The standard InChI is InChI=1S/C13H16N2O3S/c1-7(8-2-12(17)14-5-8)18-11-4-9(16)3-10-13(11)19-6-15-10/h3,6-9,16H,2,4-5H2,1H3,(H,14,17)/t7?,8-,9?/m1/s1. The Hall–Kier alpha value is -1.40.